The quantitative estimate of drug-likeness (QED) is 0.294. The molecule has 0 aliphatic carbocycles. The summed E-state index contributed by atoms with van der Waals surface area (Å²) in [6, 6.07) is 10.0. The lowest BCUT2D eigenvalue weighted by Crippen LogP contribution is -2.45. The van der Waals surface area contributed by atoms with Gasteiger partial charge in [-0.15, -0.1) is 0 Å². The number of ether oxygens (including phenoxy) is 3. The van der Waals surface area contributed by atoms with Crippen molar-refractivity contribution in [1.29, 1.82) is 0 Å². The van der Waals surface area contributed by atoms with Crippen LogP contribution in [-0.2, 0) is 32.7 Å². The van der Waals surface area contributed by atoms with E-state index < -0.39 is 15.9 Å². The second-order valence-corrected chi connectivity index (χ2v) is 15.3. The van der Waals surface area contributed by atoms with E-state index in [1.807, 2.05) is 12.1 Å². The van der Waals surface area contributed by atoms with Gasteiger partial charge in [0, 0.05) is 68.7 Å². The largest absolute Gasteiger partial charge is 0.493 e. The number of carbonyl (C=O) groups is 2. The first kappa shape index (κ1) is 37.2. The number of piperidine rings is 1. The van der Waals surface area contributed by atoms with E-state index in [1.54, 1.807) is 61.7 Å². The first-order valence-electron chi connectivity index (χ1n) is 17.2. The number of imidazole rings is 1. The minimum atomic E-state index is -4.10. The predicted octanol–water partition coefficient (Wildman–Crippen LogP) is 3.96. The van der Waals surface area contributed by atoms with Gasteiger partial charge in [-0.25, -0.2) is 18.4 Å². The van der Waals surface area contributed by atoms with Gasteiger partial charge in [0.2, 0.25) is 27.6 Å². The normalized spacial score (nSPS) is 18.1. The van der Waals surface area contributed by atoms with Gasteiger partial charge in [-0.2, -0.15) is 4.31 Å². The van der Waals surface area contributed by atoms with Crippen LogP contribution in [0.3, 0.4) is 0 Å². The zero-order valence-corrected chi connectivity index (χ0v) is 31.2. The second-order valence-electron chi connectivity index (χ2n) is 13.0. The Kier molecular flexibility index (Phi) is 11.7. The summed E-state index contributed by atoms with van der Waals surface area (Å²) in [5, 5.41) is 3.78. The zero-order valence-electron chi connectivity index (χ0n) is 29.6. The molecular weight excluding hydrogens is 710 g/mol. The Morgan fingerprint density at radius 3 is 2.52 bits per heavy atom. The molecule has 4 heterocycles. The van der Waals surface area contributed by atoms with E-state index in [9.17, 15) is 18.0 Å². The molecule has 1 fully saturated rings. The molecule has 6 rings (SSSR count). The number of sulfonamides is 1. The molecule has 278 valence electrons. The third kappa shape index (κ3) is 8.06. The number of amides is 2. The summed E-state index contributed by atoms with van der Waals surface area (Å²) < 4.78 is 47.7. The van der Waals surface area contributed by atoms with Gasteiger partial charge in [-0.1, -0.05) is 23.7 Å². The van der Waals surface area contributed by atoms with Gasteiger partial charge in [-0.3, -0.25) is 9.59 Å². The maximum absolute atomic E-state index is 14.0. The highest BCUT2D eigenvalue weighted by Crippen LogP contribution is 2.44. The van der Waals surface area contributed by atoms with Crippen molar-refractivity contribution < 1.29 is 32.2 Å². The van der Waals surface area contributed by atoms with Crippen LogP contribution >= 0.6 is 11.6 Å². The van der Waals surface area contributed by atoms with Crippen molar-refractivity contribution in [3.63, 3.8) is 0 Å². The topological polar surface area (TPSA) is 148 Å². The third-order valence-corrected chi connectivity index (χ3v) is 11.9. The van der Waals surface area contributed by atoms with Gasteiger partial charge in [0.25, 0.3) is 0 Å². The highest BCUT2D eigenvalue weighted by atomic mass is 35.5. The molecule has 4 aromatic rings. The van der Waals surface area contributed by atoms with Crippen LogP contribution in [0.4, 0.5) is 5.82 Å². The average Bonchev–Trinajstić information content (AvgIpc) is 3.66. The molecule has 2 aromatic carbocycles. The number of hydrogen-bond acceptors (Lipinski definition) is 10. The Balaban J connectivity index is 1.40. The molecular formula is C36H44ClN7O7S. The second kappa shape index (κ2) is 16.4. The first-order valence-corrected chi connectivity index (χ1v) is 19.1. The molecule has 2 amide bonds. The molecule has 2 aliphatic heterocycles. The van der Waals surface area contributed by atoms with Crippen LogP contribution < -0.4 is 24.4 Å². The molecule has 0 radical (unpaired) electrons. The van der Waals surface area contributed by atoms with Crippen molar-refractivity contribution in [3.8, 4) is 17.2 Å². The number of rotatable bonds is 7. The van der Waals surface area contributed by atoms with E-state index in [0.717, 1.165) is 30.8 Å². The summed E-state index contributed by atoms with van der Waals surface area (Å²) in [5.74, 6) is 1.66. The molecule has 0 saturated carbocycles. The molecule has 2 aliphatic rings. The van der Waals surface area contributed by atoms with Gasteiger partial charge in [0.1, 0.15) is 17.3 Å². The Labute approximate surface area is 308 Å². The van der Waals surface area contributed by atoms with Crippen molar-refractivity contribution >= 4 is 50.2 Å². The Bertz CT molecular complexity index is 2010. The number of methoxy groups -OCH3 is 3. The molecule has 16 heteroatoms. The van der Waals surface area contributed by atoms with Gasteiger partial charge < -0.3 is 33.9 Å². The SMILES string of the molecule is COc1cc2nc3c(cc2c(OC)c1OC)CN(C(=O)Cn1ccnc1)CCCCN(S(=O)(=O)c1ccccc1Cl)CC(=O)NCC1CCCN3C1. The van der Waals surface area contributed by atoms with E-state index >= 15 is 0 Å². The fourth-order valence-electron chi connectivity index (χ4n) is 6.91. The lowest BCUT2D eigenvalue weighted by molar-refractivity contribution is -0.132. The molecule has 1 saturated heterocycles. The summed E-state index contributed by atoms with van der Waals surface area (Å²) in [4.78, 5) is 40.5. The van der Waals surface area contributed by atoms with Crippen LogP contribution in [0.15, 0.2) is 60.0 Å². The van der Waals surface area contributed by atoms with Gasteiger partial charge in [0.05, 0.1) is 44.7 Å². The highest BCUT2D eigenvalue weighted by Gasteiger charge is 2.31. The maximum atomic E-state index is 14.0. The lowest BCUT2D eigenvalue weighted by atomic mass is 9.97. The number of anilines is 1. The first-order chi connectivity index (χ1) is 25.1. The molecule has 2 bridgehead atoms. The lowest BCUT2D eigenvalue weighted by Gasteiger charge is -2.36. The number of halogens is 1. The average molecular weight is 754 g/mol. The minimum absolute atomic E-state index is 0.0556. The fourth-order valence-corrected chi connectivity index (χ4v) is 8.84. The number of nitrogens with zero attached hydrogens (tertiary/aromatic N) is 6. The van der Waals surface area contributed by atoms with Crippen molar-refractivity contribution in [3.05, 3.63) is 65.7 Å². The molecule has 1 N–H and O–H groups in total. The number of nitrogens with one attached hydrogen (secondary N) is 1. The molecule has 1 unspecified atom stereocenters. The molecule has 2 aromatic heterocycles. The monoisotopic (exact) mass is 753 g/mol. The summed E-state index contributed by atoms with van der Waals surface area (Å²) >= 11 is 6.33. The smallest absolute Gasteiger partial charge is 0.245 e. The summed E-state index contributed by atoms with van der Waals surface area (Å²) in [6.45, 7) is 2.04. The van der Waals surface area contributed by atoms with Crippen LogP contribution in [0, 0.1) is 5.92 Å². The highest BCUT2D eigenvalue weighted by molar-refractivity contribution is 7.89. The zero-order chi connectivity index (χ0) is 36.8. The van der Waals surface area contributed by atoms with Crippen LogP contribution in [0.2, 0.25) is 5.02 Å². The number of aromatic nitrogens is 3. The third-order valence-electron chi connectivity index (χ3n) is 9.54. The van der Waals surface area contributed by atoms with E-state index in [4.69, 9.17) is 30.8 Å². The predicted molar refractivity (Wildman–Crippen MR) is 196 cm³/mol. The number of pyridine rings is 1. The fraction of sp³-hybridized carbons (Fsp3) is 0.444. The van der Waals surface area contributed by atoms with Crippen molar-refractivity contribution in [1.82, 2.24) is 29.1 Å². The molecule has 14 nitrogen and oxygen atoms in total. The summed E-state index contributed by atoms with van der Waals surface area (Å²) in [6.07, 6.45) is 7.52. The van der Waals surface area contributed by atoms with Crippen LogP contribution in [0.5, 0.6) is 17.2 Å². The van der Waals surface area contributed by atoms with E-state index in [-0.39, 0.29) is 47.9 Å². The minimum Gasteiger partial charge on any atom is -0.493 e. The molecule has 52 heavy (non-hydrogen) atoms. The number of carbonyl (C=O) groups excluding carboxylic acids is 2. The van der Waals surface area contributed by atoms with Crippen molar-refractivity contribution in [2.75, 3.05) is 65.5 Å². The van der Waals surface area contributed by atoms with Crippen LogP contribution in [0.1, 0.15) is 31.2 Å². The number of benzene rings is 2. The van der Waals surface area contributed by atoms with Crippen molar-refractivity contribution in [2.45, 2.75) is 43.7 Å². The number of hydrogen-bond donors (Lipinski definition) is 1. The van der Waals surface area contributed by atoms with Gasteiger partial charge in [-0.05, 0) is 49.8 Å². The van der Waals surface area contributed by atoms with Crippen LogP contribution in [0.25, 0.3) is 10.9 Å². The Morgan fingerprint density at radius 1 is 1.00 bits per heavy atom. The number of fused-ring (bicyclic) bond motifs is 5. The summed E-state index contributed by atoms with van der Waals surface area (Å²) in [5.41, 5.74) is 1.46. The molecule has 1 atom stereocenters. The van der Waals surface area contributed by atoms with Gasteiger partial charge in [0.15, 0.2) is 11.5 Å². The van der Waals surface area contributed by atoms with Crippen molar-refractivity contribution in [2.24, 2.45) is 5.92 Å². The van der Waals surface area contributed by atoms with Gasteiger partial charge >= 0.3 is 0 Å². The standard InChI is InChI=1S/C36H44ClN7O7S/c1-49-30-18-29-27(34(50-2)35(30)51-3)17-26-21-42(33(46)23-41-16-12-38-24-41)13-6-7-15-44(52(47,48)31-11-5-4-10-28(31)37)22-32(45)39-19-25-9-8-14-43(20-25)36(26)40-29/h4-5,10-12,16-18,24-25H,6-9,13-15,19-23H2,1-3H3,(H,39,45). The summed E-state index contributed by atoms with van der Waals surface area (Å²) in [7, 11) is 0.574. The van der Waals surface area contributed by atoms with E-state index in [0.29, 0.717) is 60.6 Å². The van der Waals surface area contributed by atoms with E-state index in [2.05, 4.69) is 15.2 Å². The molecule has 0 spiro atoms. The maximum Gasteiger partial charge on any atom is 0.245 e. The Morgan fingerprint density at radius 2 is 1.79 bits per heavy atom. The van der Waals surface area contributed by atoms with E-state index in [1.165, 1.54) is 16.4 Å². The Hall–Kier alpha value is -4.60. The van der Waals surface area contributed by atoms with Crippen LogP contribution in [-0.4, -0.2) is 105 Å².